The number of hydrogen-bond acceptors (Lipinski definition) is 5. The molecule has 2 aromatic heterocycles. The third-order valence-electron chi connectivity index (χ3n) is 4.64. The van der Waals surface area contributed by atoms with Crippen LogP contribution in [0.3, 0.4) is 0 Å². The molecular formula is C18H20N2O3S. The van der Waals surface area contributed by atoms with Gasteiger partial charge < -0.3 is 14.4 Å². The van der Waals surface area contributed by atoms with Gasteiger partial charge in [-0.2, -0.15) is 11.3 Å². The number of likely N-dealkylation sites (tertiary alicyclic amines) is 1. The van der Waals surface area contributed by atoms with Gasteiger partial charge in [0.1, 0.15) is 12.2 Å². The Morgan fingerprint density at radius 1 is 1.42 bits per heavy atom. The summed E-state index contributed by atoms with van der Waals surface area (Å²) in [5.74, 6) is 0.739. The number of nitrogens with zero attached hydrogens (tertiary/aromatic N) is 2. The lowest BCUT2D eigenvalue weighted by Crippen LogP contribution is -2.44. The summed E-state index contributed by atoms with van der Waals surface area (Å²) >= 11 is 1.62. The highest BCUT2D eigenvalue weighted by atomic mass is 32.1. The first-order valence-corrected chi connectivity index (χ1v) is 9.25. The van der Waals surface area contributed by atoms with Gasteiger partial charge in [0.05, 0.1) is 19.0 Å². The van der Waals surface area contributed by atoms with Gasteiger partial charge in [-0.1, -0.05) is 6.07 Å². The second-order valence-corrected chi connectivity index (χ2v) is 7.00. The van der Waals surface area contributed by atoms with Crippen LogP contribution in [-0.4, -0.2) is 47.2 Å². The van der Waals surface area contributed by atoms with Crippen molar-refractivity contribution in [3.63, 3.8) is 0 Å². The summed E-state index contributed by atoms with van der Waals surface area (Å²) in [7, 11) is 0. The summed E-state index contributed by atoms with van der Waals surface area (Å²) in [5.41, 5.74) is 1.08. The van der Waals surface area contributed by atoms with E-state index in [1.54, 1.807) is 17.5 Å². The van der Waals surface area contributed by atoms with Gasteiger partial charge in [-0.05, 0) is 41.3 Å². The van der Waals surface area contributed by atoms with Crippen LogP contribution in [0.1, 0.15) is 18.4 Å². The van der Waals surface area contributed by atoms with Gasteiger partial charge in [0, 0.05) is 18.9 Å². The van der Waals surface area contributed by atoms with Crippen LogP contribution in [0, 0.1) is 0 Å². The lowest BCUT2D eigenvalue weighted by atomic mass is 10.0. The van der Waals surface area contributed by atoms with E-state index < -0.39 is 0 Å². The van der Waals surface area contributed by atoms with E-state index in [1.165, 1.54) is 0 Å². The molecule has 2 aliphatic heterocycles. The number of carbonyl (C=O) groups is 1. The average molecular weight is 344 g/mol. The van der Waals surface area contributed by atoms with Crippen LogP contribution in [0.15, 0.2) is 41.2 Å². The second-order valence-electron chi connectivity index (χ2n) is 6.22. The van der Waals surface area contributed by atoms with Crippen LogP contribution in [-0.2, 0) is 16.0 Å². The minimum atomic E-state index is -0.156. The molecule has 0 bridgehead atoms. The molecule has 5 nitrogen and oxygen atoms in total. The van der Waals surface area contributed by atoms with Crippen molar-refractivity contribution in [1.29, 1.82) is 0 Å². The number of aromatic nitrogens is 1. The maximum absolute atomic E-state index is 12.8. The number of pyridine rings is 1. The predicted molar refractivity (Wildman–Crippen MR) is 91.2 cm³/mol. The number of rotatable bonds is 4. The first kappa shape index (κ1) is 15.6. The van der Waals surface area contributed by atoms with Crippen molar-refractivity contribution < 1.29 is 14.3 Å². The molecule has 0 unspecified atom stereocenters. The van der Waals surface area contributed by atoms with E-state index in [0.717, 1.165) is 25.0 Å². The summed E-state index contributed by atoms with van der Waals surface area (Å²) in [4.78, 5) is 19.0. The van der Waals surface area contributed by atoms with Crippen LogP contribution in [0.5, 0.6) is 5.88 Å². The van der Waals surface area contributed by atoms with Gasteiger partial charge in [0.15, 0.2) is 0 Å². The lowest BCUT2D eigenvalue weighted by molar-refractivity contribution is -0.134. The molecular weight excluding hydrogens is 324 g/mol. The molecule has 2 aromatic rings. The van der Waals surface area contributed by atoms with Crippen LogP contribution >= 0.6 is 11.3 Å². The van der Waals surface area contributed by atoms with Gasteiger partial charge in [-0.25, -0.2) is 4.98 Å². The van der Waals surface area contributed by atoms with E-state index in [4.69, 9.17) is 9.47 Å². The van der Waals surface area contributed by atoms with Gasteiger partial charge >= 0.3 is 0 Å². The molecule has 2 fully saturated rings. The van der Waals surface area contributed by atoms with Gasteiger partial charge in [0.25, 0.3) is 0 Å². The third-order valence-corrected chi connectivity index (χ3v) is 5.37. The van der Waals surface area contributed by atoms with Crippen molar-refractivity contribution in [2.24, 2.45) is 0 Å². The van der Waals surface area contributed by atoms with Gasteiger partial charge in [-0.15, -0.1) is 0 Å². The summed E-state index contributed by atoms with van der Waals surface area (Å²) in [6.45, 7) is 1.30. The van der Waals surface area contributed by atoms with E-state index in [-0.39, 0.29) is 24.2 Å². The number of fused-ring (bicyclic) bond motifs is 1. The van der Waals surface area contributed by atoms with E-state index in [1.807, 2.05) is 39.9 Å². The summed E-state index contributed by atoms with van der Waals surface area (Å²) in [6, 6.07) is 7.72. The Morgan fingerprint density at radius 2 is 2.38 bits per heavy atom. The predicted octanol–water partition coefficient (Wildman–Crippen LogP) is 2.52. The fourth-order valence-electron chi connectivity index (χ4n) is 3.54. The molecule has 0 spiro atoms. The molecule has 3 atom stereocenters. The highest BCUT2D eigenvalue weighted by Gasteiger charge is 2.47. The first-order valence-electron chi connectivity index (χ1n) is 8.31. The van der Waals surface area contributed by atoms with Crippen molar-refractivity contribution in [3.8, 4) is 5.88 Å². The quantitative estimate of drug-likeness (QED) is 0.855. The zero-order valence-electron chi connectivity index (χ0n) is 13.3. The van der Waals surface area contributed by atoms with Crippen LogP contribution in [0.2, 0.25) is 0 Å². The minimum Gasteiger partial charge on any atom is -0.470 e. The fraction of sp³-hybridized carbons (Fsp3) is 0.444. The van der Waals surface area contributed by atoms with Crippen molar-refractivity contribution in [2.45, 2.75) is 37.5 Å². The SMILES string of the molecule is O=C(Cc1ccsc1)N1C[C@H](Oc2ccccn2)[C@H]2OCCC[C@H]21. The first-order chi connectivity index (χ1) is 11.8. The van der Waals surface area contributed by atoms with Crippen LogP contribution in [0.25, 0.3) is 0 Å². The molecule has 0 aromatic carbocycles. The monoisotopic (exact) mass is 344 g/mol. The maximum atomic E-state index is 12.8. The summed E-state index contributed by atoms with van der Waals surface area (Å²) in [6.07, 6.45) is 3.90. The van der Waals surface area contributed by atoms with Crippen molar-refractivity contribution in [1.82, 2.24) is 9.88 Å². The molecule has 0 saturated carbocycles. The molecule has 0 aliphatic carbocycles. The summed E-state index contributed by atoms with van der Waals surface area (Å²) in [5, 5.41) is 4.04. The smallest absolute Gasteiger partial charge is 0.227 e. The molecule has 24 heavy (non-hydrogen) atoms. The number of carbonyl (C=O) groups excluding carboxylic acids is 1. The van der Waals surface area contributed by atoms with Gasteiger partial charge in [0.2, 0.25) is 11.8 Å². The van der Waals surface area contributed by atoms with Crippen LogP contribution in [0.4, 0.5) is 0 Å². The molecule has 126 valence electrons. The standard InChI is InChI=1S/C18H20N2O3S/c21-17(10-13-6-9-24-12-13)20-11-15(18-14(20)4-3-8-22-18)23-16-5-1-2-7-19-16/h1-2,5-7,9,12,14-15,18H,3-4,8,10-11H2/t14-,15+,18+/m1/s1. The van der Waals surface area contributed by atoms with Crippen molar-refractivity contribution >= 4 is 17.2 Å². The molecule has 0 N–H and O–H groups in total. The highest BCUT2D eigenvalue weighted by molar-refractivity contribution is 7.08. The Balaban J connectivity index is 1.49. The second kappa shape index (κ2) is 6.91. The minimum absolute atomic E-state index is 0.0628. The zero-order chi connectivity index (χ0) is 16.4. The van der Waals surface area contributed by atoms with E-state index in [2.05, 4.69) is 4.98 Å². The van der Waals surface area contributed by atoms with Gasteiger partial charge in [-0.3, -0.25) is 4.79 Å². The number of thiophene rings is 1. The Bertz CT molecular complexity index is 677. The van der Waals surface area contributed by atoms with Crippen molar-refractivity contribution in [3.05, 3.63) is 46.8 Å². The molecule has 4 rings (SSSR count). The Labute approximate surface area is 145 Å². The average Bonchev–Trinajstić information content (AvgIpc) is 3.24. The Kier molecular flexibility index (Phi) is 4.49. The lowest BCUT2D eigenvalue weighted by Gasteiger charge is -2.32. The molecule has 2 aliphatic rings. The normalized spacial score (nSPS) is 26.2. The summed E-state index contributed by atoms with van der Waals surface area (Å²) < 4.78 is 12.0. The topological polar surface area (TPSA) is 51.7 Å². The third kappa shape index (κ3) is 3.16. The molecule has 4 heterocycles. The fourth-order valence-corrected chi connectivity index (χ4v) is 4.21. The highest BCUT2D eigenvalue weighted by Crippen LogP contribution is 2.31. The largest absolute Gasteiger partial charge is 0.470 e. The molecule has 6 heteroatoms. The number of ether oxygens (including phenoxy) is 2. The Hall–Kier alpha value is -1.92. The van der Waals surface area contributed by atoms with E-state index in [9.17, 15) is 4.79 Å². The van der Waals surface area contributed by atoms with Crippen molar-refractivity contribution in [2.75, 3.05) is 13.2 Å². The van der Waals surface area contributed by atoms with Crippen LogP contribution < -0.4 is 4.74 Å². The molecule has 2 saturated heterocycles. The molecule has 0 radical (unpaired) electrons. The maximum Gasteiger partial charge on any atom is 0.227 e. The Morgan fingerprint density at radius 3 is 3.17 bits per heavy atom. The zero-order valence-corrected chi connectivity index (χ0v) is 14.2. The number of hydrogen-bond donors (Lipinski definition) is 0. The van der Waals surface area contributed by atoms with E-state index >= 15 is 0 Å². The molecule has 1 amide bonds. The van der Waals surface area contributed by atoms with E-state index in [0.29, 0.717) is 18.8 Å². The number of amides is 1.